The van der Waals surface area contributed by atoms with Gasteiger partial charge in [-0.2, -0.15) is 5.10 Å². The number of aryl methyl sites for hydroxylation is 5. The van der Waals surface area contributed by atoms with E-state index in [0.717, 1.165) is 37.6 Å². The topological polar surface area (TPSA) is 54.2 Å². The molecule has 0 saturated heterocycles. The number of hydrogen-bond acceptors (Lipinski definition) is 2. The van der Waals surface area contributed by atoms with Crippen LogP contribution in [-0.2, 0) is 19.9 Å². The number of aliphatic imine (C=N–C) groups is 1. The number of rotatable bonds is 7. The Hall–Kier alpha value is -1.57. The highest BCUT2D eigenvalue weighted by atomic mass is 127. The number of hydrogen-bond donors (Lipinski definition) is 2. The Kier molecular flexibility index (Phi) is 10.2. The first-order valence-electron chi connectivity index (χ1n) is 10.3. The lowest BCUT2D eigenvalue weighted by molar-refractivity contribution is 0.635. The molecule has 2 rings (SSSR count). The van der Waals surface area contributed by atoms with Crippen molar-refractivity contribution in [3.8, 4) is 0 Å². The average molecular weight is 511 g/mol. The molecule has 0 fully saturated rings. The lowest BCUT2D eigenvalue weighted by Gasteiger charge is -2.18. The van der Waals surface area contributed by atoms with Crippen LogP contribution in [0.25, 0.3) is 0 Å². The summed E-state index contributed by atoms with van der Waals surface area (Å²) in [6.45, 7) is 16.7. The largest absolute Gasteiger partial charge is 0.357 e. The van der Waals surface area contributed by atoms with Gasteiger partial charge in [0.2, 0.25) is 0 Å². The number of nitrogens with one attached hydrogen (secondary N) is 2. The van der Waals surface area contributed by atoms with E-state index in [0.29, 0.717) is 0 Å². The van der Waals surface area contributed by atoms with E-state index in [2.05, 4.69) is 76.3 Å². The number of benzene rings is 1. The zero-order valence-corrected chi connectivity index (χ0v) is 21.6. The highest BCUT2D eigenvalue weighted by Gasteiger charge is 2.14. The number of halogens is 1. The van der Waals surface area contributed by atoms with Gasteiger partial charge in [0.25, 0.3) is 0 Å². The summed E-state index contributed by atoms with van der Waals surface area (Å²) in [6.07, 6.45) is 1.90. The highest BCUT2D eigenvalue weighted by Crippen LogP contribution is 2.17. The third-order valence-electron chi connectivity index (χ3n) is 5.37. The molecule has 162 valence electrons. The minimum Gasteiger partial charge on any atom is -0.357 e. The standard InChI is InChI=1S/C23H37N5.HI/c1-9-24-23(25-11-10-21-16(3)12-15(2)13-17(21)4)26-18(5)14-22-19(6)27-28(8)20(22)7;/h12-13,18H,9-11,14H2,1-8H3,(H2,24,25,26);1H. The third kappa shape index (κ3) is 7.01. The zero-order valence-electron chi connectivity index (χ0n) is 19.3. The normalized spacial score (nSPS) is 12.5. The lowest BCUT2D eigenvalue weighted by Crippen LogP contribution is -2.43. The molecule has 0 aliphatic carbocycles. The molecule has 29 heavy (non-hydrogen) atoms. The molecule has 1 aromatic carbocycles. The summed E-state index contributed by atoms with van der Waals surface area (Å²) in [6, 6.07) is 4.80. The van der Waals surface area contributed by atoms with Gasteiger partial charge in [0.05, 0.1) is 5.69 Å². The SMILES string of the molecule is CCNC(=NCCc1c(C)cc(C)cc1C)NC(C)Cc1c(C)nn(C)c1C.I. The van der Waals surface area contributed by atoms with Gasteiger partial charge in [-0.05, 0) is 83.6 Å². The molecule has 6 heteroatoms. The highest BCUT2D eigenvalue weighted by molar-refractivity contribution is 14.0. The van der Waals surface area contributed by atoms with Crippen LogP contribution >= 0.6 is 24.0 Å². The van der Waals surface area contributed by atoms with Crippen LogP contribution in [-0.4, -0.2) is 34.9 Å². The van der Waals surface area contributed by atoms with Gasteiger partial charge in [-0.15, -0.1) is 24.0 Å². The molecule has 2 aromatic rings. The first-order chi connectivity index (χ1) is 13.2. The summed E-state index contributed by atoms with van der Waals surface area (Å²) in [4.78, 5) is 4.82. The molecule has 0 amide bonds. The Morgan fingerprint density at radius 2 is 1.72 bits per heavy atom. The molecule has 1 unspecified atom stereocenters. The second-order valence-electron chi connectivity index (χ2n) is 7.91. The molecule has 2 N–H and O–H groups in total. The Morgan fingerprint density at radius 3 is 2.24 bits per heavy atom. The van der Waals surface area contributed by atoms with Crippen molar-refractivity contribution in [2.24, 2.45) is 12.0 Å². The van der Waals surface area contributed by atoms with E-state index in [1.54, 1.807) is 0 Å². The molecule has 0 bridgehead atoms. The molecule has 0 spiro atoms. The number of aromatic nitrogens is 2. The Bertz CT molecular complexity index is 815. The summed E-state index contributed by atoms with van der Waals surface area (Å²) in [7, 11) is 2.00. The van der Waals surface area contributed by atoms with Crippen LogP contribution < -0.4 is 10.6 Å². The average Bonchev–Trinajstić information content (AvgIpc) is 2.83. The predicted octanol–water partition coefficient (Wildman–Crippen LogP) is 4.31. The number of guanidine groups is 1. The first kappa shape index (κ1) is 25.5. The summed E-state index contributed by atoms with van der Waals surface area (Å²) in [5.74, 6) is 0.886. The fourth-order valence-electron chi connectivity index (χ4n) is 3.91. The summed E-state index contributed by atoms with van der Waals surface area (Å²) < 4.78 is 1.96. The van der Waals surface area contributed by atoms with Gasteiger partial charge >= 0.3 is 0 Å². The fourth-order valence-corrected chi connectivity index (χ4v) is 3.91. The van der Waals surface area contributed by atoms with Gasteiger partial charge in [0.1, 0.15) is 0 Å². The Labute approximate surface area is 193 Å². The quantitative estimate of drug-likeness (QED) is 0.331. The molecular weight excluding hydrogens is 473 g/mol. The molecule has 0 aliphatic heterocycles. The van der Waals surface area contributed by atoms with Crippen molar-refractivity contribution >= 4 is 29.9 Å². The Balaban J connectivity index is 0.00000420. The lowest BCUT2D eigenvalue weighted by atomic mass is 9.97. The first-order valence-corrected chi connectivity index (χ1v) is 10.3. The summed E-state index contributed by atoms with van der Waals surface area (Å²) >= 11 is 0. The molecule has 0 aliphatic rings. The van der Waals surface area contributed by atoms with Crippen molar-refractivity contribution in [1.82, 2.24) is 20.4 Å². The third-order valence-corrected chi connectivity index (χ3v) is 5.37. The fraction of sp³-hybridized carbons (Fsp3) is 0.565. The number of nitrogens with zero attached hydrogens (tertiary/aromatic N) is 3. The van der Waals surface area contributed by atoms with Crippen LogP contribution in [0.1, 0.15) is 53.1 Å². The van der Waals surface area contributed by atoms with E-state index in [1.807, 2.05) is 11.7 Å². The molecule has 1 atom stereocenters. The monoisotopic (exact) mass is 511 g/mol. The van der Waals surface area contributed by atoms with Crippen molar-refractivity contribution in [3.05, 3.63) is 51.3 Å². The van der Waals surface area contributed by atoms with Crippen LogP contribution in [0, 0.1) is 34.6 Å². The van der Waals surface area contributed by atoms with Gasteiger partial charge in [0.15, 0.2) is 5.96 Å². The van der Waals surface area contributed by atoms with Gasteiger partial charge in [0, 0.05) is 31.9 Å². The van der Waals surface area contributed by atoms with Crippen molar-refractivity contribution < 1.29 is 0 Å². The molecule has 0 radical (unpaired) electrons. The second-order valence-corrected chi connectivity index (χ2v) is 7.91. The van der Waals surface area contributed by atoms with E-state index in [-0.39, 0.29) is 30.0 Å². The summed E-state index contributed by atoms with van der Waals surface area (Å²) in [5, 5.41) is 11.5. The molecule has 1 aromatic heterocycles. The van der Waals surface area contributed by atoms with Gasteiger partial charge in [-0.3, -0.25) is 9.67 Å². The maximum atomic E-state index is 4.82. The van der Waals surface area contributed by atoms with Gasteiger partial charge in [-0.25, -0.2) is 0 Å². The zero-order chi connectivity index (χ0) is 20.8. The summed E-state index contributed by atoms with van der Waals surface area (Å²) in [5.41, 5.74) is 9.14. The van der Waals surface area contributed by atoms with Gasteiger partial charge < -0.3 is 10.6 Å². The smallest absolute Gasteiger partial charge is 0.191 e. The van der Waals surface area contributed by atoms with Crippen molar-refractivity contribution in [2.45, 2.75) is 67.3 Å². The van der Waals surface area contributed by atoms with Crippen LogP contribution in [0.5, 0.6) is 0 Å². The molecule has 5 nitrogen and oxygen atoms in total. The maximum absolute atomic E-state index is 4.82. The minimum absolute atomic E-state index is 0. The molecule has 0 saturated carbocycles. The van der Waals surface area contributed by atoms with Crippen LogP contribution in [0.15, 0.2) is 17.1 Å². The van der Waals surface area contributed by atoms with Crippen molar-refractivity contribution in [2.75, 3.05) is 13.1 Å². The van der Waals surface area contributed by atoms with E-state index in [1.165, 1.54) is 33.5 Å². The maximum Gasteiger partial charge on any atom is 0.191 e. The Morgan fingerprint density at radius 1 is 1.10 bits per heavy atom. The second kappa shape index (κ2) is 11.6. The van der Waals surface area contributed by atoms with Crippen molar-refractivity contribution in [1.29, 1.82) is 0 Å². The van der Waals surface area contributed by atoms with Crippen LogP contribution in [0.2, 0.25) is 0 Å². The minimum atomic E-state index is 0. The molecule has 1 heterocycles. The van der Waals surface area contributed by atoms with E-state index in [9.17, 15) is 0 Å². The predicted molar refractivity (Wildman–Crippen MR) is 135 cm³/mol. The van der Waals surface area contributed by atoms with E-state index < -0.39 is 0 Å². The van der Waals surface area contributed by atoms with E-state index >= 15 is 0 Å². The van der Waals surface area contributed by atoms with Crippen molar-refractivity contribution in [3.63, 3.8) is 0 Å². The van der Waals surface area contributed by atoms with E-state index in [4.69, 9.17) is 4.99 Å². The van der Waals surface area contributed by atoms with Gasteiger partial charge in [-0.1, -0.05) is 17.7 Å². The van der Waals surface area contributed by atoms with Crippen LogP contribution in [0.3, 0.4) is 0 Å². The van der Waals surface area contributed by atoms with Crippen LogP contribution in [0.4, 0.5) is 0 Å². The molecular formula is C23H38IN5.